The van der Waals surface area contributed by atoms with Crippen LogP contribution < -0.4 is 14.9 Å². The molecule has 1 aliphatic heterocycles. The molecule has 158 valence electrons. The molecule has 0 N–H and O–H groups in total. The number of rotatable bonds is 4. The third-order valence-electron chi connectivity index (χ3n) is 5.29. The van der Waals surface area contributed by atoms with E-state index in [1.54, 1.807) is 18.4 Å². The number of hydrogen-bond acceptors (Lipinski definition) is 5. The standard InChI is InChI=1S/C25H24N2O3S/c1-5-30-24(29)21-17(4)26-25-27(22(21)19-12-8-16(3)9-13-19)23(28)20(31-25)14-18-10-6-15(2)7-11-18/h6-14,22H,5H2,1-4H3/b20-14-/t22-/m1/s1. The van der Waals surface area contributed by atoms with Gasteiger partial charge in [0.1, 0.15) is 0 Å². The molecule has 6 heteroatoms. The summed E-state index contributed by atoms with van der Waals surface area (Å²) in [5.74, 6) is -0.442. The topological polar surface area (TPSA) is 60.7 Å². The fourth-order valence-electron chi connectivity index (χ4n) is 3.67. The molecule has 0 bridgehead atoms. The first-order valence-corrected chi connectivity index (χ1v) is 11.0. The molecule has 0 saturated carbocycles. The Kier molecular flexibility index (Phi) is 5.74. The molecular formula is C25H24N2O3S. The van der Waals surface area contributed by atoms with Gasteiger partial charge < -0.3 is 4.74 Å². The summed E-state index contributed by atoms with van der Waals surface area (Å²) in [7, 11) is 0. The number of nitrogens with zero attached hydrogens (tertiary/aromatic N) is 2. The molecule has 1 atom stereocenters. The monoisotopic (exact) mass is 432 g/mol. The quantitative estimate of drug-likeness (QED) is 0.594. The van der Waals surface area contributed by atoms with E-state index >= 15 is 0 Å². The van der Waals surface area contributed by atoms with Crippen molar-refractivity contribution in [2.24, 2.45) is 4.99 Å². The van der Waals surface area contributed by atoms with Gasteiger partial charge in [0.15, 0.2) is 4.80 Å². The lowest BCUT2D eigenvalue weighted by Gasteiger charge is -2.24. The van der Waals surface area contributed by atoms with Crippen LogP contribution in [0.4, 0.5) is 0 Å². The van der Waals surface area contributed by atoms with Crippen molar-refractivity contribution in [2.75, 3.05) is 6.61 Å². The second-order valence-electron chi connectivity index (χ2n) is 7.62. The summed E-state index contributed by atoms with van der Waals surface area (Å²) in [5, 5.41) is 0. The van der Waals surface area contributed by atoms with Gasteiger partial charge in [0.05, 0.1) is 28.5 Å². The Hall–Kier alpha value is -3.25. The normalized spacial score (nSPS) is 16.1. The maximum Gasteiger partial charge on any atom is 0.338 e. The highest BCUT2D eigenvalue weighted by molar-refractivity contribution is 7.07. The highest BCUT2D eigenvalue weighted by Crippen LogP contribution is 2.30. The zero-order chi connectivity index (χ0) is 22.1. The Bertz CT molecular complexity index is 1340. The van der Waals surface area contributed by atoms with E-state index in [1.165, 1.54) is 11.3 Å². The lowest BCUT2D eigenvalue weighted by atomic mass is 9.95. The fraction of sp³-hybridized carbons (Fsp3) is 0.240. The van der Waals surface area contributed by atoms with Gasteiger partial charge in [-0.15, -0.1) is 0 Å². The van der Waals surface area contributed by atoms with Crippen molar-refractivity contribution in [3.8, 4) is 0 Å². The predicted octanol–water partition coefficient (Wildman–Crippen LogP) is 3.42. The molecule has 0 amide bonds. The summed E-state index contributed by atoms with van der Waals surface area (Å²) in [6, 6.07) is 15.3. The van der Waals surface area contributed by atoms with Crippen LogP contribution >= 0.6 is 11.3 Å². The Morgan fingerprint density at radius 3 is 2.29 bits per heavy atom. The first-order chi connectivity index (χ1) is 14.9. The second-order valence-corrected chi connectivity index (χ2v) is 8.63. The van der Waals surface area contributed by atoms with Crippen molar-refractivity contribution in [3.63, 3.8) is 0 Å². The molecule has 2 heterocycles. The van der Waals surface area contributed by atoms with Crippen molar-refractivity contribution in [1.29, 1.82) is 0 Å². The van der Waals surface area contributed by atoms with Crippen LogP contribution in [0.25, 0.3) is 6.08 Å². The van der Waals surface area contributed by atoms with Gasteiger partial charge in [-0.05, 0) is 44.9 Å². The van der Waals surface area contributed by atoms with Crippen molar-refractivity contribution < 1.29 is 9.53 Å². The predicted molar refractivity (Wildman–Crippen MR) is 123 cm³/mol. The van der Waals surface area contributed by atoms with Crippen molar-refractivity contribution in [3.05, 3.63) is 102 Å². The smallest absolute Gasteiger partial charge is 0.338 e. The SMILES string of the molecule is CCOC(=O)C1=C(C)N=c2s/c(=C\c3ccc(C)cc3)c(=O)n2[C@@H]1c1ccc(C)cc1. The molecule has 0 saturated heterocycles. The maximum atomic E-state index is 13.5. The zero-order valence-electron chi connectivity index (χ0n) is 18.0. The van der Waals surface area contributed by atoms with Crippen molar-refractivity contribution in [2.45, 2.75) is 33.7 Å². The summed E-state index contributed by atoms with van der Waals surface area (Å²) < 4.78 is 7.52. The number of carbonyl (C=O) groups excluding carboxylic acids is 1. The average Bonchev–Trinajstić information content (AvgIpc) is 3.04. The van der Waals surface area contributed by atoms with E-state index in [-0.39, 0.29) is 12.2 Å². The summed E-state index contributed by atoms with van der Waals surface area (Å²) >= 11 is 1.34. The molecule has 1 aromatic heterocycles. The summed E-state index contributed by atoms with van der Waals surface area (Å²) in [4.78, 5) is 31.5. The number of ether oxygens (including phenoxy) is 1. The van der Waals surface area contributed by atoms with Gasteiger partial charge in [0, 0.05) is 0 Å². The van der Waals surface area contributed by atoms with Crippen LogP contribution in [0.1, 0.15) is 42.1 Å². The number of carbonyl (C=O) groups is 1. The Morgan fingerprint density at radius 2 is 1.68 bits per heavy atom. The largest absolute Gasteiger partial charge is 0.463 e. The number of allylic oxidation sites excluding steroid dienone is 1. The van der Waals surface area contributed by atoms with E-state index in [2.05, 4.69) is 4.99 Å². The van der Waals surface area contributed by atoms with Gasteiger partial charge in [-0.1, -0.05) is 71.0 Å². The van der Waals surface area contributed by atoms with E-state index in [1.807, 2.05) is 68.5 Å². The van der Waals surface area contributed by atoms with Gasteiger partial charge in [-0.3, -0.25) is 9.36 Å². The molecule has 0 fully saturated rings. The summed E-state index contributed by atoms with van der Waals surface area (Å²) in [5.41, 5.74) is 4.88. The van der Waals surface area contributed by atoms with Crippen LogP contribution in [-0.4, -0.2) is 17.1 Å². The molecule has 0 spiro atoms. The van der Waals surface area contributed by atoms with Crippen LogP contribution in [0.3, 0.4) is 0 Å². The van der Waals surface area contributed by atoms with Gasteiger partial charge in [-0.2, -0.15) is 0 Å². The lowest BCUT2D eigenvalue weighted by molar-refractivity contribution is -0.139. The molecule has 2 aromatic carbocycles. The minimum Gasteiger partial charge on any atom is -0.463 e. The Morgan fingerprint density at radius 1 is 1.06 bits per heavy atom. The highest BCUT2D eigenvalue weighted by atomic mass is 32.1. The first kappa shape index (κ1) is 21.0. The molecule has 3 aromatic rings. The second kappa shape index (κ2) is 8.47. The van der Waals surface area contributed by atoms with E-state index in [4.69, 9.17) is 4.74 Å². The van der Waals surface area contributed by atoms with Crippen LogP contribution in [0.2, 0.25) is 0 Å². The number of esters is 1. The molecule has 0 unspecified atom stereocenters. The molecule has 5 nitrogen and oxygen atoms in total. The number of aryl methyl sites for hydroxylation is 2. The zero-order valence-corrected chi connectivity index (χ0v) is 18.8. The average molecular weight is 433 g/mol. The van der Waals surface area contributed by atoms with Crippen LogP contribution in [0.15, 0.2) is 69.6 Å². The van der Waals surface area contributed by atoms with E-state index in [9.17, 15) is 9.59 Å². The van der Waals surface area contributed by atoms with E-state index in [0.29, 0.717) is 20.6 Å². The highest BCUT2D eigenvalue weighted by Gasteiger charge is 2.33. The minimum atomic E-state index is -0.573. The summed E-state index contributed by atoms with van der Waals surface area (Å²) in [6.45, 7) is 7.85. The maximum absolute atomic E-state index is 13.5. The third-order valence-corrected chi connectivity index (χ3v) is 6.27. The first-order valence-electron chi connectivity index (χ1n) is 10.2. The van der Waals surface area contributed by atoms with Gasteiger partial charge in [-0.25, -0.2) is 9.79 Å². The molecule has 4 rings (SSSR count). The van der Waals surface area contributed by atoms with Crippen molar-refractivity contribution in [1.82, 2.24) is 4.57 Å². The molecular weight excluding hydrogens is 408 g/mol. The van der Waals surface area contributed by atoms with Gasteiger partial charge in [0.25, 0.3) is 5.56 Å². The van der Waals surface area contributed by atoms with E-state index < -0.39 is 12.0 Å². The number of hydrogen-bond donors (Lipinski definition) is 0. The van der Waals surface area contributed by atoms with Crippen LogP contribution in [0, 0.1) is 13.8 Å². The summed E-state index contributed by atoms with van der Waals surface area (Å²) in [6.07, 6.45) is 1.87. The van der Waals surface area contributed by atoms with E-state index in [0.717, 1.165) is 22.3 Å². The third kappa shape index (κ3) is 4.03. The number of benzene rings is 2. The number of aromatic nitrogens is 1. The molecule has 0 aliphatic carbocycles. The lowest BCUT2D eigenvalue weighted by Crippen LogP contribution is -2.39. The van der Waals surface area contributed by atoms with Crippen LogP contribution in [0.5, 0.6) is 0 Å². The molecule has 1 aliphatic rings. The van der Waals surface area contributed by atoms with Gasteiger partial charge >= 0.3 is 5.97 Å². The Balaban J connectivity index is 1.94. The molecule has 0 radical (unpaired) electrons. The van der Waals surface area contributed by atoms with Gasteiger partial charge in [0.2, 0.25) is 0 Å². The fourth-order valence-corrected chi connectivity index (χ4v) is 4.72. The number of thiazole rings is 1. The Labute approximate surface area is 184 Å². The molecule has 31 heavy (non-hydrogen) atoms. The minimum absolute atomic E-state index is 0.163. The van der Waals surface area contributed by atoms with Crippen molar-refractivity contribution >= 4 is 23.4 Å². The number of fused-ring (bicyclic) bond motifs is 1. The van der Waals surface area contributed by atoms with Crippen LogP contribution in [-0.2, 0) is 9.53 Å².